The Morgan fingerprint density at radius 3 is 2.62 bits per heavy atom. The summed E-state index contributed by atoms with van der Waals surface area (Å²) < 4.78 is 10.3. The Bertz CT molecular complexity index is 207. The van der Waals surface area contributed by atoms with Gasteiger partial charge in [0.15, 0.2) is 0 Å². The maximum Gasteiger partial charge on any atom is 0.0918 e. The lowest BCUT2D eigenvalue weighted by Gasteiger charge is -2.21. The Morgan fingerprint density at radius 2 is 2.06 bits per heavy atom. The molecule has 5 heteroatoms. The van der Waals surface area contributed by atoms with Gasteiger partial charge in [0.25, 0.3) is 0 Å². The molecular weight excluding hydrogens is 206 g/mol. The lowest BCUT2D eigenvalue weighted by molar-refractivity contribution is 0.0563. The molecule has 1 aliphatic rings. The number of nitrogens with two attached hydrogens (primary N) is 1. The first-order valence-corrected chi connectivity index (χ1v) is 5.87. The number of hydrogen-bond acceptors (Lipinski definition) is 4. The van der Waals surface area contributed by atoms with Crippen molar-refractivity contribution in [1.82, 2.24) is 4.90 Å². The maximum absolute atomic E-state index is 7.22. The molecule has 0 radical (unpaired) electrons. The molecule has 0 atom stereocenters. The first-order chi connectivity index (χ1) is 7.74. The molecule has 0 saturated heterocycles. The molecule has 0 unspecified atom stereocenters. The summed E-state index contributed by atoms with van der Waals surface area (Å²) in [5.41, 5.74) is 5.36. The quantitative estimate of drug-likeness (QED) is 0.324. The highest BCUT2D eigenvalue weighted by molar-refractivity contribution is 5.76. The van der Waals surface area contributed by atoms with Crippen molar-refractivity contribution in [3.8, 4) is 0 Å². The zero-order valence-corrected chi connectivity index (χ0v) is 10.1. The molecule has 0 bridgehead atoms. The smallest absolute Gasteiger partial charge is 0.0918 e. The van der Waals surface area contributed by atoms with E-state index in [1.807, 2.05) is 0 Å². The molecule has 1 saturated carbocycles. The van der Waals surface area contributed by atoms with E-state index in [4.69, 9.17) is 20.6 Å². The van der Waals surface area contributed by atoms with Crippen molar-refractivity contribution in [3.05, 3.63) is 0 Å². The summed E-state index contributed by atoms with van der Waals surface area (Å²) in [5.74, 6) is 0.269. The fraction of sp³-hybridized carbons (Fsp3) is 0.909. The molecule has 0 aromatic carbocycles. The molecule has 16 heavy (non-hydrogen) atoms. The summed E-state index contributed by atoms with van der Waals surface area (Å²) in [6, 6.07) is 0.699. The minimum atomic E-state index is 0.269. The Morgan fingerprint density at radius 1 is 1.31 bits per heavy atom. The highest BCUT2D eigenvalue weighted by atomic mass is 16.5. The molecule has 94 valence electrons. The minimum Gasteiger partial charge on any atom is -0.388 e. The van der Waals surface area contributed by atoms with Crippen LogP contribution in [0.5, 0.6) is 0 Å². The maximum atomic E-state index is 7.22. The van der Waals surface area contributed by atoms with Gasteiger partial charge in [-0.1, -0.05) is 0 Å². The van der Waals surface area contributed by atoms with Crippen LogP contribution in [-0.4, -0.2) is 56.8 Å². The standard InChI is InChI=1S/C11H23N3O2/c1-15-8-9-16-7-6-14(10-2-3-10)5-4-11(12)13/h10H,2-9H2,1H3,(H3,12,13). The van der Waals surface area contributed by atoms with Crippen molar-refractivity contribution in [3.63, 3.8) is 0 Å². The summed E-state index contributed by atoms with van der Waals surface area (Å²) in [6.07, 6.45) is 3.21. The first-order valence-electron chi connectivity index (χ1n) is 5.87. The lowest BCUT2D eigenvalue weighted by Crippen LogP contribution is -2.33. The Labute approximate surface area is 97.4 Å². The second kappa shape index (κ2) is 7.60. The van der Waals surface area contributed by atoms with Crippen LogP contribution < -0.4 is 5.73 Å². The summed E-state index contributed by atoms with van der Waals surface area (Å²) in [7, 11) is 1.67. The lowest BCUT2D eigenvalue weighted by atomic mass is 10.3. The number of methoxy groups -OCH3 is 1. The predicted molar refractivity (Wildman–Crippen MR) is 63.8 cm³/mol. The summed E-state index contributed by atoms with van der Waals surface area (Å²) >= 11 is 0. The zero-order valence-electron chi connectivity index (χ0n) is 10.1. The van der Waals surface area contributed by atoms with Crippen LogP contribution in [0.25, 0.3) is 0 Å². The van der Waals surface area contributed by atoms with Gasteiger partial charge in [-0.2, -0.15) is 0 Å². The van der Waals surface area contributed by atoms with Gasteiger partial charge in [0, 0.05) is 32.7 Å². The van der Waals surface area contributed by atoms with E-state index >= 15 is 0 Å². The van der Waals surface area contributed by atoms with Crippen molar-refractivity contribution in [2.75, 3.05) is 40.0 Å². The second-order valence-corrected chi connectivity index (χ2v) is 4.15. The van der Waals surface area contributed by atoms with Crippen LogP contribution in [0.4, 0.5) is 0 Å². The molecule has 1 fully saturated rings. The summed E-state index contributed by atoms with van der Waals surface area (Å²) in [5, 5.41) is 7.22. The minimum absolute atomic E-state index is 0.269. The Kier molecular flexibility index (Phi) is 6.37. The number of nitrogens with zero attached hydrogens (tertiary/aromatic N) is 1. The molecule has 0 aromatic heterocycles. The van der Waals surface area contributed by atoms with E-state index in [9.17, 15) is 0 Å². The van der Waals surface area contributed by atoms with E-state index in [0.717, 1.165) is 19.7 Å². The van der Waals surface area contributed by atoms with Gasteiger partial charge < -0.3 is 15.2 Å². The Hall–Kier alpha value is -0.650. The number of nitrogens with one attached hydrogen (secondary N) is 1. The number of rotatable bonds is 10. The van der Waals surface area contributed by atoms with Crippen LogP contribution in [0.1, 0.15) is 19.3 Å². The molecule has 0 heterocycles. The van der Waals surface area contributed by atoms with E-state index < -0.39 is 0 Å². The van der Waals surface area contributed by atoms with E-state index in [0.29, 0.717) is 25.7 Å². The Balaban J connectivity index is 2.06. The van der Waals surface area contributed by atoms with Gasteiger partial charge in [-0.05, 0) is 12.8 Å². The van der Waals surface area contributed by atoms with Gasteiger partial charge in [-0.15, -0.1) is 0 Å². The molecule has 1 aliphatic carbocycles. The molecular formula is C11H23N3O2. The third kappa shape index (κ3) is 6.05. The largest absolute Gasteiger partial charge is 0.388 e. The van der Waals surface area contributed by atoms with Crippen LogP contribution in [-0.2, 0) is 9.47 Å². The normalized spacial score (nSPS) is 15.6. The summed E-state index contributed by atoms with van der Waals surface area (Å²) in [4.78, 5) is 2.37. The van der Waals surface area contributed by atoms with Crippen molar-refractivity contribution in [1.29, 1.82) is 5.41 Å². The van der Waals surface area contributed by atoms with Gasteiger partial charge in [0.05, 0.1) is 25.7 Å². The van der Waals surface area contributed by atoms with Gasteiger partial charge in [-0.3, -0.25) is 10.3 Å². The van der Waals surface area contributed by atoms with Crippen molar-refractivity contribution in [2.45, 2.75) is 25.3 Å². The average molecular weight is 229 g/mol. The van der Waals surface area contributed by atoms with E-state index in [2.05, 4.69) is 4.90 Å². The SMILES string of the molecule is COCCOCCN(CCC(=N)N)C1CC1. The molecule has 3 N–H and O–H groups in total. The number of ether oxygens (including phenoxy) is 2. The van der Waals surface area contributed by atoms with Crippen LogP contribution in [0.15, 0.2) is 0 Å². The second-order valence-electron chi connectivity index (χ2n) is 4.15. The average Bonchev–Trinajstić information content (AvgIpc) is 3.05. The summed E-state index contributed by atoms with van der Waals surface area (Å²) in [6.45, 7) is 3.85. The van der Waals surface area contributed by atoms with E-state index in [1.165, 1.54) is 12.8 Å². The molecule has 0 aromatic rings. The highest BCUT2D eigenvalue weighted by Gasteiger charge is 2.28. The van der Waals surface area contributed by atoms with Gasteiger partial charge >= 0.3 is 0 Å². The fourth-order valence-electron chi connectivity index (χ4n) is 1.61. The van der Waals surface area contributed by atoms with Crippen LogP contribution in [0, 0.1) is 5.41 Å². The molecule has 1 rings (SSSR count). The number of hydrogen-bond donors (Lipinski definition) is 2. The van der Waals surface area contributed by atoms with Gasteiger partial charge in [0.2, 0.25) is 0 Å². The third-order valence-corrected chi connectivity index (χ3v) is 2.69. The monoisotopic (exact) mass is 229 g/mol. The molecule has 0 amide bonds. The van der Waals surface area contributed by atoms with Gasteiger partial charge in [0.1, 0.15) is 0 Å². The molecule has 0 aliphatic heterocycles. The van der Waals surface area contributed by atoms with Crippen LogP contribution in [0.2, 0.25) is 0 Å². The predicted octanol–water partition coefficient (Wildman–Crippen LogP) is 0.440. The fourth-order valence-corrected chi connectivity index (χ4v) is 1.61. The topological polar surface area (TPSA) is 71.6 Å². The first kappa shape index (κ1) is 13.4. The van der Waals surface area contributed by atoms with Crippen LogP contribution >= 0.6 is 0 Å². The molecule has 5 nitrogen and oxygen atoms in total. The highest BCUT2D eigenvalue weighted by Crippen LogP contribution is 2.26. The van der Waals surface area contributed by atoms with Crippen LogP contribution in [0.3, 0.4) is 0 Å². The van der Waals surface area contributed by atoms with Crippen molar-refractivity contribution >= 4 is 5.84 Å². The van der Waals surface area contributed by atoms with E-state index in [-0.39, 0.29) is 5.84 Å². The van der Waals surface area contributed by atoms with Crippen molar-refractivity contribution in [2.24, 2.45) is 5.73 Å². The van der Waals surface area contributed by atoms with Crippen molar-refractivity contribution < 1.29 is 9.47 Å². The third-order valence-electron chi connectivity index (χ3n) is 2.69. The van der Waals surface area contributed by atoms with E-state index in [1.54, 1.807) is 7.11 Å². The zero-order chi connectivity index (χ0) is 11.8. The number of amidine groups is 1. The van der Waals surface area contributed by atoms with Gasteiger partial charge in [-0.25, -0.2) is 0 Å². The molecule has 0 spiro atoms.